The fraction of sp³-hybridized carbons (Fsp3) is 0.375. The van der Waals surface area contributed by atoms with E-state index in [2.05, 4.69) is 10.6 Å². The number of benzene rings is 2. The Hall–Kier alpha value is -3.35. The molecule has 0 aromatic heterocycles. The number of carboxylic acid groups (broad SMARTS) is 1. The minimum atomic E-state index is -1.02. The van der Waals surface area contributed by atoms with Crippen LogP contribution in [0.3, 0.4) is 0 Å². The van der Waals surface area contributed by atoms with E-state index in [0.29, 0.717) is 25.0 Å². The molecule has 0 saturated heterocycles. The molecule has 0 fully saturated rings. The largest absolute Gasteiger partial charge is 0.493 e. The van der Waals surface area contributed by atoms with Gasteiger partial charge in [-0.2, -0.15) is 0 Å². The number of nitrogens with one attached hydrogen (secondary N) is 2. The molecule has 164 valence electrons. The molecule has 2 aromatic carbocycles. The lowest BCUT2D eigenvalue weighted by atomic mass is 9.94. The van der Waals surface area contributed by atoms with Crippen molar-refractivity contribution in [1.29, 1.82) is 0 Å². The maximum absolute atomic E-state index is 12.9. The molecule has 0 saturated carbocycles. The molecular formula is C24H28N2O5. The summed E-state index contributed by atoms with van der Waals surface area (Å²) in [6.07, 6.45) is 1.57. The average Bonchev–Trinajstić information content (AvgIpc) is 2.71. The smallest absolute Gasteiger partial charge is 0.305 e. The van der Waals surface area contributed by atoms with Gasteiger partial charge in [-0.1, -0.05) is 30.3 Å². The Labute approximate surface area is 181 Å². The van der Waals surface area contributed by atoms with E-state index in [1.54, 1.807) is 6.07 Å². The van der Waals surface area contributed by atoms with E-state index in [9.17, 15) is 19.5 Å². The molecule has 3 rings (SSSR count). The van der Waals surface area contributed by atoms with E-state index < -0.39 is 18.1 Å². The monoisotopic (exact) mass is 424 g/mol. The summed E-state index contributed by atoms with van der Waals surface area (Å²) in [6, 6.07) is 11.9. The molecule has 0 spiro atoms. The fourth-order valence-corrected chi connectivity index (χ4v) is 3.89. The zero-order valence-electron chi connectivity index (χ0n) is 17.8. The first-order valence-electron chi connectivity index (χ1n) is 10.5. The van der Waals surface area contributed by atoms with Crippen LogP contribution in [0.5, 0.6) is 5.75 Å². The van der Waals surface area contributed by atoms with Crippen molar-refractivity contribution in [2.45, 2.75) is 51.6 Å². The van der Waals surface area contributed by atoms with Gasteiger partial charge in [0, 0.05) is 12.5 Å². The Kier molecular flexibility index (Phi) is 7.28. The number of hydrogen-bond acceptors (Lipinski definition) is 4. The molecule has 7 nitrogen and oxygen atoms in total. The van der Waals surface area contributed by atoms with Gasteiger partial charge in [0.05, 0.1) is 19.1 Å². The predicted molar refractivity (Wildman–Crippen MR) is 117 cm³/mol. The first-order chi connectivity index (χ1) is 14.8. The van der Waals surface area contributed by atoms with Gasteiger partial charge in [0.25, 0.3) is 0 Å². The number of hydrogen-bond donors (Lipinski definition) is 3. The highest BCUT2D eigenvalue weighted by Crippen LogP contribution is 2.35. The summed E-state index contributed by atoms with van der Waals surface area (Å²) in [5, 5.41) is 14.9. The molecule has 1 unspecified atom stereocenters. The number of fused-ring (bicyclic) bond motifs is 4. The predicted octanol–water partition coefficient (Wildman–Crippen LogP) is 3.36. The number of rotatable bonds is 3. The molecule has 2 aromatic rings. The van der Waals surface area contributed by atoms with Crippen molar-refractivity contribution in [3.8, 4) is 16.9 Å². The Morgan fingerprint density at radius 1 is 1.19 bits per heavy atom. The molecular weight excluding hydrogens is 396 g/mol. The van der Waals surface area contributed by atoms with Crippen LogP contribution in [-0.4, -0.2) is 35.5 Å². The Morgan fingerprint density at radius 3 is 2.71 bits per heavy atom. The zero-order chi connectivity index (χ0) is 22.4. The summed E-state index contributed by atoms with van der Waals surface area (Å²) in [6.45, 7) is 3.86. The molecule has 2 atom stereocenters. The second kappa shape index (κ2) is 10.1. The number of ether oxygens (including phenoxy) is 1. The number of carbonyl (C=O) groups excluding carboxylic acids is 2. The van der Waals surface area contributed by atoms with Gasteiger partial charge < -0.3 is 20.5 Å². The number of carbonyl (C=O) groups is 3. The van der Waals surface area contributed by atoms with E-state index in [-0.39, 0.29) is 18.2 Å². The molecule has 1 aliphatic heterocycles. The first-order valence-corrected chi connectivity index (χ1v) is 10.5. The maximum Gasteiger partial charge on any atom is 0.305 e. The number of carboxylic acids is 1. The van der Waals surface area contributed by atoms with Gasteiger partial charge in [-0.25, -0.2) is 0 Å². The summed E-state index contributed by atoms with van der Waals surface area (Å²) in [7, 11) is 0. The van der Waals surface area contributed by atoms with Crippen LogP contribution in [0.2, 0.25) is 0 Å². The lowest BCUT2D eigenvalue weighted by Gasteiger charge is -2.24. The Balaban J connectivity index is 2.05. The van der Waals surface area contributed by atoms with E-state index in [1.165, 1.54) is 6.92 Å². The molecule has 0 radical (unpaired) electrons. The van der Waals surface area contributed by atoms with Gasteiger partial charge >= 0.3 is 5.97 Å². The lowest BCUT2D eigenvalue weighted by Crippen LogP contribution is -2.47. The Bertz CT molecular complexity index is 972. The second-order valence-corrected chi connectivity index (χ2v) is 7.83. The highest BCUT2D eigenvalue weighted by molar-refractivity contribution is 5.87. The van der Waals surface area contributed by atoms with Crippen LogP contribution >= 0.6 is 0 Å². The van der Waals surface area contributed by atoms with E-state index in [0.717, 1.165) is 28.9 Å². The summed E-state index contributed by atoms with van der Waals surface area (Å²) in [5.74, 6) is -0.945. The quantitative estimate of drug-likeness (QED) is 0.701. The van der Waals surface area contributed by atoms with Gasteiger partial charge in [-0.05, 0) is 55.0 Å². The minimum Gasteiger partial charge on any atom is -0.493 e. The highest BCUT2D eigenvalue weighted by atomic mass is 16.5. The number of amides is 2. The molecule has 2 bridgehead atoms. The van der Waals surface area contributed by atoms with Crippen molar-refractivity contribution in [2.24, 2.45) is 0 Å². The molecule has 1 heterocycles. The fourth-order valence-electron chi connectivity index (χ4n) is 3.89. The van der Waals surface area contributed by atoms with E-state index >= 15 is 0 Å². The van der Waals surface area contributed by atoms with Crippen LogP contribution in [0.4, 0.5) is 0 Å². The van der Waals surface area contributed by atoms with Gasteiger partial charge in [-0.15, -0.1) is 0 Å². The third-order valence-electron chi connectivity index (χ3n) is 5.35. The van der Waals surface area contributed by atoms with Gasteiger partial charge in [0.1, 0.15) is 11.8 Å². The van der Waals surface area contributed by atoms with Crippen molar-refractivity contribution in [3.63, 3.8) is 0 Å². The standard InChI is InChI=1S/C24H28N2O5/c1-15-7-5-11-21-23(15)18-9-6-8-17(13-18)20(14-22(28)29)26-24(30)19(25-16(2)27)10-3-4-12-31-21/h5-9,11,13,19-20H,3-4,10,12,14H2,1-2H3,(H,25,27)(H,26,30)(H,28,29)/t19?,20-/m0/s1. The third kappa shape index (κ3) is 5.84. The zero-order valence-corrected chi connectivity index (χ0v) is 17.8. The van der Waals surface area contributed by atoms with E-state index in [1.807, 2.05) is 43.3 Å². The van der Waals surface area contributed by atoms with Crippen molar-refractivity contribution in [3.05, 3.63) is 53.6 Å². The molecule has 3 N–H and O–H groups in total. The van der Waals surface area contributed by atoms with Crippen LogP contribution in [0.25, 0.3) is 11.1 Å². The second-order valence-electron chi connectivity index (χ2n) is 7.83. The first kappa shape index (κ1) is 22.3. The summed E-state index contributed by atoms with van der Waals surface area (Å²) >= 11 is 0. The average molecular weight is 424 g/mol. The lowest BCUT2D eigenvalue weighted by molar-refractivity contribution is -0.138. The van der Waals surface area contributed by atoms with Gasteiger partial charge in [0.2, 0.25) is 11.8 Å². The van der Waals surface area contributed by atoms with Crippen LogP contribution < -0.4 is 15.4 Å². The summed E-state index contributed by atoms with van der Waals surface area (Å²) in [5.41, 5.74) is 3.58. The third-order valence-corrected chi connectivity index (χ3v) is 5.35. The Morgan fingerprint density at radius 2 is 1.97 bits per heavy atom. The SMILES string of the molecule is CC(=O)NC1CCCCOc2cccc(C)c2-c2cccc(c2)[C@H](CC(=O)O)NC1=O. The van der Waals surface area contributed by atoms with Crippen molar-refractivity contribution >= 4 is 17.8 Å². The minimum absolute atomic E-state index is 0.265. The van der Waals surface area contributed by atoms with E-state index in [4.69, 9.17) is 4.74 Å². The number of aryl methyl sites for hydroxylation is 1. The van der Waals surface area contributed by atoms with Crippen molar-refractivity contribution in [1.82, 2.24) is 10.6 Å². The molecule has 7 heteroatoms. The molecule has 31 heavy (non-hydrogen) atoms. The van der Waals surface area contributed by atoms with Crippen LogP contribution in [0.15, 0.2) is 42.5 Å². The summed E-state index contributed by atoms with van der Waals surface area (Å²) < 4.78 is 6.06. The van der Waals surface area contributed by atoms with Gasteiger partial charge in [0.15, 0.2) is 0 Å². The normalized spacial score (nSPS) is 19.2. The number of aliphatic carboxylic acids is 1. The molecule has 0 aliphatic carbocycles. The molecule has 2 amide bonds. The maximum atomic E-state index is 12.9. The molecule has 1 aliphatic rings. The van der Waals surface area contributed by atoms with Crippen LogP contribution in [0, 0.1) is 6.92 Å². The van der Waals surface area contributed by atoms with Crippen LogP contribution in [-0.2, 0) is 14.4 Å². The van der Waals surface area contributed by atoms with Gasteiger partial charge in [-0.3, -0.25) is 14.4 Å². The van der Waals surface area contributed by atoms with Crippen molar-refractivity contribution in [2.75, 3.05) is 6.61 Å². The van der Waals surface area contributed by atoms with Crippen molar-refractivity contribution < 1.29 is 24.2 Å². The van der Waals surface area contributed by atoms with Crippen LogP contribution in [0.1, 0.15) is 49.8 Å². The highest BCUT2D eigenvalue weighted by Gasteiger charge is 2.25. The summed E-state index contributed by atoms with van der Waals surface area (Å²) in [4.78, 5) is 36.0. The topological polar surface area (TPSA) is 105 Å².